The maximum absolute atomic E-state index is 10.4. The summed E-state index contributed by atoms with van der Waals surface area (Å²) in [6.07, 6.45) is 1.90. The third kappa shape index (κ3) is 3.42. The molecule has 0 atom stereocenters. The number of hydrogen-bond donors (Lipinski definition) is 2. The number of hydrogen-bond acceptors (Lipinski definition) is 2. The van der Waals surface area contributed by atoms with Gasteiger partial charge in [0.15, 0.2) is 0 Å². The van der Waals surface area contributed by atoms with Gasteiger partial charge in [-0.05, 0) is 42.5 Å². The summed E-state index contributed by atoms with van der Waals surface area (Å²) in [4.78, 5) is 10.4. The van der Waals surface area contributed by atoms with Gasteiger partial charge in [0.25, 0.3) is 0 Å². The monoisotopic (exact) mass is 242 g/mol. The van der Waals surface area contributed by atoms with Crippen LogP contribution in [0.25, 0.3) is 0 Å². The van der Waals surface area contributed by atoms with Crippen LogP contribution in [-0.2, 0) is 17.6 Å². The molecule has 0 aliphatic carbocycles. The highest BCUT2D eigenvalue weighted by Gasteiger charge is 2.07. The molecule has 1 rings (SSSR count). The summed E-state index contributed by atoms with van der Waals surface area (Å²) >= 11 is 6.02. The van der Waals surface area contributed by atoms with E-state index < -0.39 is 5.97 Å². The molecule has 0 aromatic heterocycles. The lowest BCUT2D eigenvalue weighted by Gasteiger charge is -2.08. The van der Waals surface area contributed by atoms with Crippen LogP contribution < -0.4 is 0 Å². The SMILES string of the molecule is CCc1cc(O)c(CCCC(=O)O)cc1Cl. The molecule has 0 saturated heterocycles. The Bertz CT molecular complexity index is 388. The molecule has 16 heavy (non-hydrogen) atoms. The standard InChI is InChI=1S/C12H15ClO3/c1-2-8-7-11(14)9(6-10(8)13)4-3-5-12(15)16/h6-7,14H,2-5H2,1H3,(H,15,16). The van der Waals surface area contributed by atoms with Crippen LogP contribution >= 0.6 is 11.6 Å². The van der Waals surface area contributed by atoms with E-state index in [2.05, 4.69) is 0 Å². The first-order valence-corrected chi connectivity index (χ1v) is 5.64. The van der Waals surface area contributed by atoms with Crippen molar-refractivity contribution in [1.29, 1.82) is 0 Å². The summed E-state index contributed by atoms with van der Waals surface area (Å²) in [6, 6.07) is 3.37. The Balaban J connectivity index is 2.73. The minimum atomic E-state index is -0.823. The molecule has 0 spiro atoms. The summed E-state index contributed by atoms with van der Waals surface area (Å²) in [5.41, 5.74) is 1.62. The zero-order valence-corrected chi connectivity index (χ0v) is 9.92. The number of carbonyl (C=O) groups is 1. The smallest absolute Gasteiger partial charge is 0.303 e. The molecular weight excluding hydrogens is 228 g/mol. The van der Waals surface area contributed by atoms with E-state index in [0.717, 1.165) is 12.0 Å². The number of aliphatic carboxylic acids is 1. The van der Waals surface area contributed by atoms with Crippen LogP contribution in [0.3, 0.4) is 0 Å². The van der Waals surface area contributed by atoms with Gasteiger partial charge in [0.2, 0.25) is 0 Å². The third-order valence-corrected chi connectivity index (χ3v) is 2.82. The van der Waals surface area contributed by atoms with Crippen LogP contribution in [0.15, 0.2) is 12.1 Å². The number of aryl methyl sites for hydroxylation is 2. The normalized spacial score (nSPS) is 10.4. The minimum Gasteiger partial charge on any atom is -0.508 e. The zero-order valence-electron chi connectivity index (χ0n) is 9.16. The Labute approximate surface area is 99.7 Å². The van der Waals surface area contributed by atoms with Crippen molar-refractivity contribution in [2.75, 3.05) is 0 Å². The molecule has 2 N–H and O–H groups in total. The third-order valence-electron chi connectivity index (χ3n) is 2.47. The number of carboxylic acids is 1. The van der Waals surface area contributed by atoms with Gasteiger partial charge in [-0.25, -0.2) is 0 Å². The van der Waals surface area contributed by atoms with Gasteiger partial charge in [0.05, 0.1) is 0 Å². The maximum atomic E-state index is 10.4. The van der Waals surface area contributed by atoms with E-state index in [9.17, 15) is 9.90 Å². The Morgan fingerprint density at radius 1 is 1.38 bits per heavy atom. The van der Waals surface area contributed by atoms with Gasteiger partial charge in [0, 0.05) is 11.4 Å². The van der Waals surface area contributed by atoms with Crippen LogP contribution in [0.1, 0.15) is 30.9 Å². The lowest BCUT2D eigenvalue weighted by atomic mass is 10.0. The van der Waals surface area contributed by atoms with Crippen molar-refractivity contribution in [3.63, 3.8) is 0 Å². The quantitative estimate of drug-likeness (QED) is 0.835. The van der Waals surface area contributed by atoms with Crippen LogP contribution in [-0.4, -0.2) is 16.2 Å². The molecule has 0 amide bonds. The Morgan fingerprint density at radius 3 is 2.62 bits per heavy atom. The number of benzene rings is 1. The second kappa shape index (κ2) is 5.75. The second-order valence-electron chi connectivity index (χ2n) is 3.67. The van der Waals surface area contributed by atoms with Crippen molar-refractivity contribution in [3.05, 3.63) is 28.3 Å². The van der Waals surface area contributed by atoms with Gasteiger partial charge >= 0.3 is 5.97 Å². The number of phenols is 1. The van der Waals surface area contributed by atoms with E-state index in [-0.39, 0.29) is 12.2 Å². The van der Waals surface area contributed by atoms with Gasteiger partial charge in [-0.2, -0.15) is 0 Å². The van der Waals surface area contributed by atoms with Crippen LogP contribution in [0, 0.1) is 0 Å². The fourth-order valence-corrected chi connectivity index (χ4v) is 1.87. The fraction of sp³-hybridized carbons (Fsp3) is 0.417. The average molecular weight is 243 g/mol. The van der Waals surface area contributed by atoms with E-state index >= 15 is 0 Å². The van der Waals surface area contributed by atoms with Crippen molar-refractivity contribution in [2.24, 2.45) is 0 Å². The first-order valence-electron chi connectivity index (χ1n) is 5.26. The molecule has 4 heteroatoms. The molecule has 0 heterocycles. The minimum absolute atomic E-state index is 0.104. The highest BCUT2D eigenvalue weighted by Crippen LogP contribution is 2.27. The first-order chi connectivity index (χ1) is 7.54. The van der Waals surface area contributed by atoms with Crippen molar-refractivity contribution in [3.8, 4) is 5.75 Å². The predicted molar refractivity (Wildman–Crippen MR) is 63.1 cm³/mol. The highest BCUT2D eigenvalue weighted by atomic mass is 35.5. The Kier molecular flexibility index (Phi) is 4.62. The van der Waals surface area contributed by atoms with Gasteiger partial charge in [-0.1, -0.05) is 18.5 Å². The molecule has 0 fully saturated rings. The summed E-state index contributed by atoms with van der Waals surface area (Å²) in [6.45, 7) is 1.96. The average Bonchev–Trinajstić information content (AvgIpc) is 2.22. The lowest BCUT2D eigenvalue weighted by Crippen LogP contribution is -1.96. The molecule has 0 radical (unpaired) electrons. The molecule has 88 valence electrons. The molecule has 0 bridgehead atoms. The molecule has 0 saturated carbocycles. The molecular formula is C12H15ClO3. The maximum Gasteiger partial charge on any atom is 0.303 e. The van der Waals surface area contributed by atoms with Crippen LogP contribution in [0.5, 0.6) is 5.75 Å². The molecule has 0 aliphatic rings. The van der Waals surface area contributed by atoms with Crippen molar-refractivity contribution < 1.29 is 15.0 Å². The number of aromatic hydroxyl groups is 1. The van der Waals surface area contributed by atoms with E-state index in [4.69, 9.17) is 16.7 Å². The lowest BCUT2D eigenvalue weighted by molar-refractivity contribution is -0.137. The molecule has 3 nitrogen and oxygen atoms in total. The predicted octanol–water partition coefficient (Wildman–Crippen LogP) is 3.02. The van der Waals surface area contributed by atoms with Crippen molar-refractivity contribution in [1.82, 2.24) is 0 Å². The summed E-state index contributed by atoms with van der Waals surface area (Å²) in [5.74, 6) is -0.623. The number of rotatable bonds is 5. The number of phenolic OH excluding ortho intramolecular Hbond substituents is 1. The molecule has 1 aromatic rings. The Hall–Kier alpha value is -1.22. The summed E-state index contributed by atoms with van der Waals surface area (Å²) in [7, 11) is 0. The zero-order chi connectivity index (χ0) is 12.1. The first kappa shape index (κ1) is 12.8. The Morgan fingerprint density at radius 2 is 2.06 bits per heavy atom. The van der Waals surface area contributed by atoms with E-state index in [1.165, 1.54) is 0 Å². The second-order valence-corrected chi connectivity index (χ2v) is 4.08. The van der Waals surface area contributed by atoms with Gasteiger partial charge in [-0.15, -0.1) is 0 Å². The summed E-state index contributed by atoms with van der Waals surface area (Å²) < 4.78 is 0. The topological polar surface area (TPSA) is 57.5 Å². The molecule has 1 aromatic carbocycles. The number of halogens is 1. The highest BCUT2D eigenvalue weighted by molar-refractivity contribution is 6.31. The summed E-state index contributed by atoms with van der Waals surface area (Å²) in [5, 5.41) is 18.8. The van der Waals surface area contributed by atoms with Gasteiger partial charge in [0.1, 0.15) is 5.75 Å². The van der Waals surface area contributed by atoms with E-state index in [1.54, 1.807) is 12.1 Å². The molecule has 0 unspecified atom stereocenters. The van der Waals surface area contributed by atoms with Gasteiger partial charge in [-0.3, -0.25) is 4.79 Å². The van der Waals surface area contributed by atoms with E-state index in [1.807, 2.05) is 6.92 Å². The van der Waals surface area contributed by atoms with E-state index in [0.29, 0.717) is 23.4 Å². The van der Waals surface area contributed by atoms with Crippen LogP contribution in [0.2, 0.25) is 5.02 Å². The fourth-order valence-electron chi connectivity index (χ4n) is 1.55. The van der Waals surface area contributed by atoms with Gasteiger partial charge < -0.3 is 10.2 Å². The van der Waals surface area contributed by atoms with Crippen LogP contribution in [0.4, 0.5) is 0 Å². The van der Waals surface area contributed by atoms with Crippen molar-refractivity contribution >= 4 is 17.6 Å². The number of carboxylic acid groups (broad SMARTS) is 1. The molecule has 0 aliphatic heterocycles. The van der Waals surface area contributed by atoms with Crippen molar-refractivity contribution in [2.45, 2.75) is 32.6 Å². The largest absolute Gasteiger partial charge is 0.508 e.